The predicted molar refractivity (Wildman–Crippen MR) is 93.4 cm³/mol. The van der Waals surface area contributed by atoms with Gasteiger partial charge in [-0.05, 0) is 34.1 Å². The molecule has 0 saturated heterocycles. The van der Waals surface area contributed by atoms with E-state index < -0.39 is 39.4 Å². The number of carbonyl (C=O) groups is 1. The number of hydrogen-bond acceptors (Lipinski definition) is 8. The lowest BCUT2D eigenvalue weighted by molar-refractivity contribution is -0.182. The van der Waals surface area contributed by atoms with Gasteiger partial charge in [0.25, 0.3) is 0 Å². The van der Waals surface area contributed by atoms with Crippen LogP contribution in [0.15, 0.2) is 12.2 Å². The van der Waals surface area contributed by atoms with Crippen molar-refractivity contribution >= 4 is 14.8 Å². The van der Waals surface area contributed by atoms with Crippen molar-refractivity contribution in [3.8, 4) is 0 Å². The number of rotatable bonds is 13. The second-order valence-corrected chi connectivity index (χ2v) is 8.01. The highest BCUT2D eigenvalue weighted by atomic mass is 28.4. The zero-order valence-corrected chi connectivity index (χ0v) is 17.5. The number of ether oxygens (including phenoxy) is 4. The fourth-order valence-electron chi connectivity index (χ4n) is 1.78. The topological polar surface area (TPSA) is 81.7 Å². The van der Waals surface area contributed by atoms with E-state index in [1.54, 1.807) is 27.7 Å². The highest BCUT2D eigenvalue weighted by molar-refractivity contribution is 6.62. The maximum Gasteiger partial charge on any atom is 0.549 e. The molecule has 4 atom stereocenters. The monoisotopic (exact) mass is 380 g/mol. The van der Waals surface area contributed by atoms with Gasteiger partial charge in [-0.3, -0.25) is 0 Å². The number of esters is 1. The van der Waals surface area contributed by atoms with Crippen molar-refractivity contribution in [1.29, 1.82) is 0 Å². The third kappa shape index (κ3) is 7.95. The van der Waals surface area contributed by atoms with Crippen LogP contribution in [0.3, 0.4) is 0 Å². The largest absolute Gasteiger partial charge is 0.549 e. The Kier molecular flexibility index (Phi) is 11.4. The Bertz CT molecular complexity index is 386. The Hall–Kier alpha value is -0.813. The van der Waals surface area contributed by atoms with Crippen molar-refractivity contribution in [2.75, 3.05) is 21.3 Å². The molecule has 0 fully saturated rings. The normalized spacial score (nSPS) is 18.7. The van der Waals surface area contributed by atoms with E-state index in [9.17, 15) is 4.79 Å². The van der Waals surface area contributed by atoms with Crippen LogP contribution in [0.5, 0.6) is 0 Å². The lowest BCUT2D eigenvalue weighted by Gasteiger charge is -2.38. The van der Waals surface area contributed by atoms with Gasteiger partial charge in [0.05, 0.1) is 0 Å². The summed E-state index contributed by atoms with van der Waals surface area (Å²) in [5.41, 5.74) is -0.523. The second kappa shape index (κ2) is 11.7. The van der Waals surface area contributed by atoms with E-state index in [0.717, 1.165) is 0 Å². The summed E-state index contributed by atoms with van der Waals surface area (Å²) in [5.74, 6) is -0.556. The Morgan fingerprint density at radius 1 is 0.920 bits per heavy atom. The molecule has 0 aliphatic heterocycles. The van der Waals surface area contributed by atoms with Crippen LogP contribution in [0.4, 0.5) is 0 Å². The van der Waals surface area contributed by atoms with Crippen LogP contribution >= 0.6 is 0 Å². The Labute approximate surface area is 151 Å². The fraction of sp³-hybridized carbons (Fsp3) is 0.812. The summed E-state index contributed by atoms with van der Waals surface area (Å²) in [7, 11) is 0.826. The molecule has 0 spiro atoms. The van der Waals surface area contributed by atoms with E-state index in [0.29, 0.717) is 6.42 Å². The zero-order chi connectivity index (χ0) is 19.6. The van der Waals surface area contributed by atoms with Gasteiger partial charge in [-0.15, -0.1) is 0 Å². The van der Waals surface area contributed by atoms with Gasteiger partial charge >= 0.3 is 14.8 Å². The van der Waals surface area contributed by atoms with E-state index in [1.165, 1.54) is 21.3 Å². The molecule has 0 rings (SSSR count). The first-order valence-corrected chi connectivity index (χ1v) is 9.94. The van der Waals surface area contributed by atoms with Crippen molar-refractivity contribution < 1.29 is 37.0 Å². The van der Waals surface area contributed by atoms with Crippen LogP contribution in [0.25, 0.3) is 0 Å². The van der Waals surface area contributed by atoms with Gasteiger partial charge in [-0.2, -0.15) is 0 Å². The zero-order valence-electron chi connectivity index (χ0n) is 16.5. The molecule has 0 aliphatic carbocycles. The number of carbonyl (C=O) groups excluding carboxylic acids is 1. The van der Waals surface area contributed by atoms with Crippen LogP contribution in [-0.2, 0) is 37.0 Å². The van der Waals surface area contributed by atoms with Gasteiger partial charge in [0, 0.05) is 26.9 Å². The average molecular weight is 381 g/mol. The van der Waals surface area contributed by atoms with Crippen molar-refractivity contribution in [1.82, 2.24) is 0 Å². The SMILES string of the molecule is C=C(C)C(=O)OC(CC)[Si](OC(C)OC)(OC(C)OC)OC(C)OC. The second-order valence-electron chi connectivity index (χ2n) is 5.45. The molecule has 0 aromatic carbocycles. The van der Waals surface area contributed by atoms with Crippen molar-refractivity contribution in [3.05, 3.63) is 12.2 Å². The molecular weight excluding hydrogens is 348 g/mol. The van der Waals surface area contributed by atoms with Gasteiger partial charge in [-0.1, -0.05) is 13.5 Å². The molecule has 0 saturated carbocycles. The third-order valence-electron chi connectivity index (χ3n) is 3.35. The van der Waals surface area contributed by atoms with Crippen LogP contribution in [0.1, 0.15) is 41.0 Å². The van der Waals surface area contributed by atoms with Gasteiger partial charge in [-0.25, -0.2) is 4.79 Å². The minimum absolute atomic E-state index is 0.265. The molecule has 148 valence electrons. The van der Waals surface area contributed by atoms with E-state index >= 15 is 0 Å². The summed E-state index contributed by atoms with van der Waals surface area (Å²) < 4.78 is 39.0. The van der Waals surface area contributed by atoms with Crippen LogP contribution in [0, 0.1) is 0 Å². The summed E-state index contributed by atoms with van der Waals surface area (Å²) in [6.45, 7) is 12.1. The molecule has 0 amide bonds. The van der Waals surface area contributed by atoms with Crippen LogP contribution < -0.4 is 0 Å². The third-order valence-corrected chi connectivity index (χ3v) is 6.65. The maximum absolute atomic E-state index is 12.1. The maximum atomic E-state index is 12.1. The van der Waals surface area contributed by atoms with Gasteiger partial charge in [0.2, 0.25) is 0 Å². The van der Waals surface area contributed by atoms with Crippen molar-refractivity contribution in [3.63, 3.8) is 0 Å². The summed E-state index contributed by atoms with van der Waals surface area (Å²) in [5, 5.41) is 0. The van der Waals surface area contributed by atoms with Crippen LogP contribution in [-0.4, -0.2) is 60.7 Å². The molecule has 4 unspecified atom stereocenters. The lowest BCUT2D eigenvalue weighted by atomic mass is 10.4. The predicted octanol–water partition coefficient (Wildman–Crippen LogP) is 2.39. The first kappa shape index (κ1) is 24.2. The summed E-state index contributed by atoms with van der Waals surface area (Å²) in [4.78, 5) is 12.1. The molecule has 0 radical (unpaired) electrons. The summed E-state index contributed by atoms with van der Waals surface area (Å²) in [6, 6.07) is 0. The summed E-state index contributed by atoms with van der Waals surface area (Å²) in [6.07, 6.45) is -1.57. The van der Waals surface area contributed by atoms with Crippen molar-refractivity contribution in [2.45, 2.75) is 65.6 Å². The van der Waals surface area contributed by atoms with E-state index in [-0.39, 0.29) is 5.57 Å². The molecule has 0 aliphatic rings. The average Bonchev–Trinajstić information content (AvgIpc) is 2.58. The molecule has 25 heavy (non-hydrogen) atoms. The Morgan fingerprint density at radius 3 is 1.52 bits per heavy atom. The standard InChI is InChI=1S/C16H32O8Si/c1-10-15(21-16(17)11(2)3)25(22-12(4)18-7,23-13(5)19-8)24-14(6)20-9/h12-15H,2,10H2,1,3-9H3. The molecule has 0 aromatic rings. The number of methoxy groups -OCH3 is 3. The van der Waals surface area contributed by atoms with Gasteiger partial charge in [0.15, 0.2) is 5.73 Å². The number of hydrogen-bond donors (Lipinski definition) is 0. The highest BCUT2D eigenvalue weighted by Crippen LogP contribution is 2.26. The fourth-order valence-corrected chi connectivity index (χ4v) is 4.83. The van der Waals surface area contributed by atoms with Gasteiger partial charge < -0.3 is 32.2 Å². The molecule has 9 heteroatoms. The molecule has 0 N–H and O–H groups in total. The van der Waals surface area contributed by atoms with E-state index in [1.807, 2.05) is 6.92 Å². The van der Waals surface area contributed by atoms with Gasteiger partial charge in [0.1, 0.15) is 18.9 Å². The quantitative estimate of drug-likeness (QED) is 0.208. The molecule has 0 heterocycles. The first-order valence-electron chi connectivity index (χ1n) is 8.13. The van der Waals surface area contributed by atoms with E-state index in [4.69, 9.17) is 32.2 Å². The van der Waals surface area contributed by atoms with Crippen molar-refractivity contribution in [2.24, 2.45) is 0 Å². The molecule has 8 nitrogen and oxygen atoms in total. The Morgan fingerprint density at radius 2 is 1.28 bits per heavy atom. The first-order chi connectivity index (χ1) is 11.6. The molecule has 0 bridgehead atoms. The minimum Gasteiger partial charge on any atom is -0.454 e. The molecule has 0 aromatic heterocycles. The molecular formula is C16H32O8Si. The Balaban J connectivity index is 5.85. The van der Waals surface area contributed by atoms with Crippen LogP contribution in [0.2, 0.25) is 0 Å². The minimum atomic E-state index is -3.64. The van der Waals surface area contributed by atoms with E-state index in [2.05, 4.69) is 6.58 Å². The summed E-state index contributed by atoms with van der Waals surface area (Å²) >= 11 is 0. The lowest BCUT2D eigenvalue weighted by Crippen LogP contribution is -2.62. The smallest absolute Gasteiger partial charge is 0.454 e. The highest BCUT2D eigenvalue weighted by Gasteiger charge is 2.55.